The predicted molar refractivity (Wildman–Crippen MR) is 127 cm³/mol. The van der Waals surface area contributed by atoms with E-state index in [0.717, 1.165) is 9.58 Å². The zero-order valence-corrected chi connectivity index (χ0v) is 17.7. The second kappa shape index (κ2) is 8.66. The van der Waals surface area contributed by atoms with Crippen LogP contribution in [0.25, 0.3) is 5.69 Å². The Morgan fingerprint density at radius 1 is 1.06 bits per heavy atom. The quantitative estimate of drug-likeness (QED) is 0.615. The van der Waals surface area contributed by atoms with Crippen LogP contribution in [0, 0.1) is 0 Å². The summed E-state index contributed by atoms with van der Waals surface area (Å²) in [7, 11) is 1.44. The monoisotopic (exact) mass is 471 g/mol. The minimum absolute atomic E-state index is 0.0700. The van der Waals surface area contributed by atoms with Crippen LogP contribution in [-0.4, -0.2) is 47.7 Å². The average molecular weight is 472 g/mol. The van der Waals surface area contributed by atoms with Crippen molar-refractivity contribution in [1.29, 1.82) is 0 Å². The van der Waals surface area contributed by atoms with Crippen LogP contribution in [-0.2, 0) is 11.2 Å². The molecule has 0 bridgehead atoms. The summed E-state index contributed by atoms with van der Waals surface area (Å²) in [5.41, 5.74) is 3.86. The average Bonchev–Trinajstić information content (AvgIpc) is 3.39. The van der Waals surface area contributed by atoms with E-state index in [4.69, 9.17) is 26.9 Å². The van der Waals surface area contributed by atoms with Crippen molar-refractivity contribution in [3.05, 3.63) is 65.4 Å². The Labute approximate surface area is 213 Å². The summed E-state index contributed by atoms with van der Waals surface area (Å²) >= 11 is 0. The Morgan fingerprint density at radius 2 is 1.74 bits per heavy atom. The molecule has 0 saturated carbocycles. The number of carbonyl (C=O) groups excluding carboxylic acids is 3. The lowest BCUT2D eigenvalue weighted by Crippen LogP contribution is -2.39. The molecular formula is C25H25N5O4. The number of piperidine rings is 1. The van der Waals surface area contributed by atoms with Crippen LogP contribution < -0.4 is 20.3 Å². The summed E-state index contributed by atoms with van der Waals surface area (Å²) in [5.74, 6) is -3.32. The molecule has 9 nitrogen and oxygen atoms in total. The minimum atomic E-state index is -3.74. The Morgan fingerprint density at radius 3 is 2.38 bits per heavy atom. The lowest BCUT2D eigenvalue weighted by atomic mass is 10.0. The molecule has 3 aromatic rings. The number of carbonyl (C=O) groups is 3. The lowest BCUT2D eigenvalue weighted by Gasteiger charge is -2.29. The molecule has 1 saturated heterocycles. The third-order valence-corrected chi connectivity index (χ3v) is 5.26. The number of methoxy groups -OCH3 is 1. The van der Waals surface area contributed by atoms with Gasteiger partial charge in [-0.3, -0.25) is 14.4 Å². The summed E-state index contributed by atoms with van der Waals surface area (Å²) in [4.78, 5) is 40.1. The number of rotatable bonds is 5. The van der Waals surface area contributed by atoms with E-state index in [1.807, 2.05) is 0 Å². The van der Waals surface area contributed by atoms with Gasteiger partial charge in [0.25, 0.3) is 11.8 Å². The van der Waals surface area contributed by atoms with Gasteiger partial charge in [0.15, 0.2) is 5.69 Å². The van der Waals surface area contributed by atoms with Gasteiger partial charge in [-0.2, -0.15) is 5.10 Å². The molecule has 3 heterocycles. The fourth-order valence-corrected chi connectivity index (χ4v) is 3.66. The molecule has 0 radical (unpaired) electrons. The normalized spacial score (nSPS) is 27.0. The van der Waals surface area contributed by atoms with Crippen molar-refractivity contribution in [3.8, 4) is 11.4 Å². The first-order valence-corrected chi connectivity index (χ1v) is 9.99. The zero-order valence-electron chi connectivity index (χ0n) is 29.7. The summed E-state index contributed by atoms with van der Waals surface area (Å²) in [6.45, 7) is -3.98. The number of nitrogens with zero attached hydrogens (tertiary/aromatic N) is 4. The van der Waals surface area contributed by atoms with Crippen molar-refractivity contribution in [1.82, 2.24) is 9.78 Å². The number of ether oxygens (including phenoxy) is 1. The van der Waals surface area contributed by atoms with E-state index in [1.165, 1.54) is 19.2 Å². The van der Waals surface area contributed by atoms with Gasteiger partial charge in [-0.25, -0.2) is 4.68 Å². The van der Waals surface area contributed by atoms with Crippen molar-refractivity contribution in [3.63, 3.8) is 0 Å². The van der Waals surface area contributed by atoms with Gasteiger partial charge in [-0.1, -0.05) is 0 Å². The number of primary amides is 1. The number of anilines is 2. The van der Waals surface area contributed by atoms with E-state index in [9.17, 15) is 14.4 Å². The third kappa shape index (κ3) is 3.68. The van der Waals surface area contributed by atoms with Crippen LogP contribution in [0.4, 0.5) is 11.4 Å². The third-order valence-electron chi connectivity index (χ3n) is 5.26. The SMILES string of the molecule is [2H]c1c([2H])c(N2C(=O)C([2H])([2H])C([2H])([2H])C([2H])([2H])C2([2H])[2H])c([2H])c([2H])c1N1CCc2c(C(N)=O)nn(-c3ccc(OC)cc3)c2C1=O. The summed E-state index contributed by atoms with van der Waals surface area (Å²) in [5, 5.41) is 4.21. The molecule has 9 heteroatoms. The van der Waals surface area contributed by atoms with Gasteiger partial charge in [-0.15, -0.1) is 0 Å². The molecule has 0 atom stereocenters. The van der Waals surface area contributed by atoms with Gasteiger partial charge in [0.1, 0.15) is 11.4 Å². The molecule has 3 amide bonds. The van der Waals surface area contributed by atoms with Crippen LogP contribution in [0.5, 0.6) is 5.75 Å². The van der Waals surface area contributed by atoms with Gasteiger partial charge < -0.3 is 20.3 Å². The molecule has 1 aromatic heterocycles. The Kier molecular flexibility index (Phi) is 3.01. The van der Waals surface area contributed by atoms with Gasteiger partial charge in [-0.05, 0) is 67.6 Å². The number of fused-ring (bicyclic) bond motifs is 1. The second-order valence-electron chi connectivity index (χ2n) is 7.18. The maximum atomic E-state index is 14.0. The van der Waals surface area contributed by atoms with E-state index in [1.54, 1.807) is 12.1 Å². The topological polar surface area (TPSA) is 111 Å². The highest BCUT2D eigenvalue weighted by molar-refractivity contribution is 6.09. The largest absolute Gasteiger partial charge is 0.497 e. The molecule has 2 aliphatic rings. The first-order chi connectivity index (χ1) is 21.2. The minimum Gasteiger partial charge on any atom is -0.497 e. The van der Waals surface area contributed by atoms with E-state index < -0.39 is 78.9 Å². The summed E-state index contributed by atoms with van der Waals surface area (Å²) in [6, 6.07) is 2.04. The van der Waals surface area contributed by atoms with Crippen LogP contribution in [0.3, 0.4) is 0 Å². The predicted octanol–water partition coefficient (Wildman–Crippen LogP) is 2.70. The van der Waals surface area contributed by atoms with Crippen molar-refractivity contribution >= 4 is 29.1 Å². The number of hydrogen-bond acceptors (Lipinski definition) is 5. The molecule has 0 spiro atoms. The molecule has 5 rings (SSSR count). The molecule has 0 aliphatic carbocycles. The number of nitrogens with two attached hydrogens (primary N) is 1. The maximum absolute atomic E-state index is 14.0. The smallest absolute Gasteiger partial charge is 0.277 e. The first-order valence-electron chi connectivity index (χ1n) is 16.0. The standard InChI is InChI=1S/C25H25N5O4/c1-34-19-11-9-18(10-12-19)30-23-20(22(27-30)24(26)32)13-15-29(25(23)33)17-7-5-16(6-8-17)28-14-3-2-4-21(28)31/h5-12H,2-4,13-15H2,1H3,(H2,26,32)/i2D2,3D2,4D2,5D,6D,7D,8D,14D2. The van der Waals surface area contributed by atoms with E-state index in [2.05, 4.69) is 5.10 Å². The highest BCUT2D eigenvalue weighted by Crippen LogP contribution is 2.31. The number of benzene rings is 2. The fraction of sp³-hybridized carbons (Fsp3) is 0.280. The van der Waals surface area contributed by atoms with Crippen LogP contribution >= 0.6 is 0 Å². The van der Waals surface area contributed by atoms with Crippen LogP contribution in [0.2, 0.25) is 0 Å². The molecule has 174 valence electrons. The highest BCUT2D eigenvalue weighted by atomic mass is 16.5. The van der Waals surface area contributed by atoms with Crippen LogP contribution in [0.15, 0.2) is 48.4 Å². The van der Waals surface area contributed by atoms with Crippen molar-refractivity contribution in [2.75, 3.05) is 30.0 Å². The van der Waals surface area contributed by atoms with Gasteiger partial charge in [0.05, 0.1) is 18.3 Å². The van der Waals surface area contributed by atoms with E-state index >= 15 is 0 Å². The summed E-state index contributed by atoms with van der Waals surface area (Å²) < 4.78 is 106. The molecule has 0 unspecified atom stereocenters. The zero-order chi connectivity index (χ0) is 34.5. The van der Waals surface area contributed by atoms with Crippen LogP contribution in [0.1, 0.15) is 62.1 Å². The number of amides is 3. The molecule has 1 fully saturated rings. The van der Waals surface area contributed by atoms with Crippen molar-refractivity contribution < 1.29 is 35.6 Å². The van der Waals surface area contributed by atoms with Gasteiger partial charge in [0, 0.05) is 47.3 Å². The van der Waals surface area contributed by atoms with E-state index in [-0.39, 0.29) is 34.8 Å². The van der Waals surface area contributed by atoms with E-state index in [0.29, 0.717) is 11.4 Å². The van der Waals surface area contributed by atoms with Crippen molar-refractivity contribution in [2.24, 2.45) is 5.73 Å². The number of aromatic nitrogens is 2. The Bertz CT molecular complexity index is 1800. The molecular weight excluding hydrogens is 434 g/mol. The highest BCUT2D eigenvalue weighted by Gasteiger charge is 2.34. The summed E-state index contributed by atoms with van der Waals surface area (Å²) in [6.07, 6.45) is -11.2. The molecule has 2 aromatic carbocycles. The van der Waals surface area contributed by atoms with Crippen molar-refractivity contribution in [2.45, 2.75) is 25.5 Å². The van der Waals surface area contributed by atoms with Gasteiger partial charge >= 0.3 is 0 Å². The fourth-order valence-electron chi connectivity index (χ4n) is 3.66. The number of hydrogen-bond donors (Lipinski definition) is 1. The second-order valence-corrected chi connectivity index (χ2v) is 7.18. The Hall–Kier alpha value is -4.14. The maximum Gasteiger partial charge on any atom is 0.277 e. The molecule has 2 aliphatic heterocycles. The molecule has 34 heavy (non-hydrogen) atoms. The lowest BCUT2D eigenvalue weighted by molar-refractivity contribution is -0.119. The first kappa shape index (κ1) is 11.8. The molecule has 2 N–H and O–H groups in total. The Balaban J connectivity index is 1.68. The van der Waals surface area contributed by atoms with Gasteiger partial charge in [0.2, 0.25) is 5.91 Å².